The highest BCUT2D eigenvalue weighted by atomic mass is 79.9. The Morgan fingerprint density at radius 2 is 1.83 bits per heavy atom. The topological polar surface area (TPSA) is 106 Å². The molecule has 0 unspecified atom stereocenters. The molecule has 3 heterocycles. The van der Waals surface area contributed by atoms with E-state index in [0.717, 1.165) is 0 Å². The summed E-state index contributed by atoms with van der Waals surface area (Å²) in [5.41, 5.74) is 0.784. The Morgan fingerprint density at radius 3 is 2.45 bits per heavy atom. The fraction of sp³-hybridized carbons (Fsp3) is 0.333. The minimum absolute atomic E-state index is 0.0525. The molecule has 1 saturated heterocycles. The number of piperazine rings is 1. The van der Waals surface area contributed by atoms with Gasteiger partial charge in [0, 0.05) is 38.8 Å². The number of oxazole rings is 1. The molecular formula is C18H18BrN3O6S. The maximum Gasteiger partial charge on any atom is 0.419 e. The van der Waals surface area contributed by atoms with Gasteiger partial charge in [0.2, 0.25) is 10.0 Å². The van der Waals surface area contributed by atoms with Crippen molar-refractivity contribution >= 4 is 43.0 Å². The maximum atomic E-state index is 13.0. The number of fused-ring (bicyclic) bond motifs is 1. The highest BCUT2D eigenvalue weighted by Gasteiger charge is 2.31. The maximum absolute atomic E-state index is 13.0. The van der Waals surface area contributed by atoms with Crippen molar-refractivity contribution in [2.24, 2.45) is 0 Å². The Morgan fingerprint density at radius 1 is 1.10 bits per heavy atom. The summed E-state index contributed by atoms with van der Waals surface area (Å²) < 4.78 is 39.7. The van der Waals surface area contributed by atoms with Gasteiger partial charge in [-0.1, -0.05) is 0 Å². The minimum atomic E-state index is -3.78. The number of rotatable bonds is 4. The Hall–Kier alpha value is -2.37. The lowest BCUT2D eigenvalue weighted by molar-refractivity contribution is 0.0664. The van der Waals surface area contributed by atoms with Crippen LogP contribution >= 0.6 is 15.9 Å². The Bertz CT molecular complexity index is 1230. The van der Waals surface area contributed by atoms with Crippen molar-refractivity contribution in [1.29, 1.82) is 0 Å². The van der Waals surface area contributed by atoms with Gasteiger partial charge in [-0.05, 0) is 47.1 Å². The van der Waals surface area contributed by atoms with Gasteiger partial charge >= 0.3 is 5.76 Å². The van der Waals surface area contributed by atoms with Gasteiger partial charge < -0.3 is 13.7 Å². The molecule has 0 aliphatic carbocycles. The van der Waals surface area contributed by atoms with Gasteiger partial charge in [-0.15, -0.1) is 0 Å². The van der Waals surface area contributed by atoms with E-state index in [-0.39, 0.29) is 48.3 Å². The number of hydrogen-bond acceptors (Lipinski definition) is 6. The van der Waals surface area contributed by atoms with Crippen LogP contribution in [-0.2, 0) is 16.6 Å². The highest BCUT2D eigenvalue weighted by Crippen LogP contribution is 2.23. The number of hydrogen-bond donors (Lipinski definition) is 0. The van der Waals surface area contributed by atoms with Gasteiger partial charge in [-0.3, -0.25) is 9.36 Å². The summed E-state index contributed by atoms with van der Waals surface area (Å²) in [7, 11) is -3.78. The summed E-state index contributed by atoms with van der Waals surface area (Å²) in [5, 5.41) is 0. The molecule has 4 rings (SSSR count). The van der Waals surface area contributed by atoms with Crippen molar-refractivity contribution in [2.45, 2.75) is 18.4 Å². The molecule has 0 spiro atoms. The zero-order valence-corrected chi connectivity index (χ0v) is 17.9. The molecule has 0 atom stereocenters. The number of halogens is 1. The SMILES string of the molecule is CCn1c(=O)oc2cc(S(=O)(=O)N3CCN(C(=O)c4ccc(Br)o4)CC3)ccc21. The third-order valence-electron chi connectivity index (χ3n) is 4.90. The molecule has 1 amide bonds. The first-order valence-corrected chi connectivity index (χ1v) is 11.2. The summed E-state index contributed by atoms with van der Waals surface area (Å²) in [4.78, 5) is 25.9. The standard InChI is InChI=1S/C18H18BrN3O6S/c1-2-22-13-4-3-12(11-15(13)28-18(22)24)29(25,26)21-9-7-20(8-10-21)17(23)14-5-6-16(19)27-14/h3-6,11H,2,7-10H2,1H3. The second-order valence-corrected chi connectivity index (χ2v) is 9.26. The molecule has 11 heteroatoms. The molecule has 0 saturated carbocycles. The number of benzene rings is 1. The Kier molecular flexibility index (Phi) is 5.13. The number of carbonyl (C=O) groups is 1. The molecule has 3 aromatic rings. The van der Waals surface area contributed by atoms with Crippen molar-refractivity contribution in [1.82, 2.24) is 13.8 Å². The van der Waals surface area contributed by atoms with Crippen LogP contribution in [0.4, 0.5) is 0 Å². The van der Waals surface area contributed by atoms with Gasteiger partial charge in [-0.2, -0.15) is 4.31 Å². The molecule has 1 fully saturated rings. The quantitative estimate of drug-likeness (QED) is 0.562. The summed E-state index contributed by atoms with van der Waals surface area (Å²) in [6.07, 6.45) is 0. The Labute approximate surface area is 174 Å². The second kappa shape index (κ2) is 7.47. The van der Waals surface area contributed by atoms with Crippen LogP contribution in [0, 0.1) is 0 Å². The van der Waals surface area contributed by atoms with E-state index in [0.29, 0.717) is 16.7 Å². The van der Waals surface area contributed by atoms with Crippen LogP contribution in [0.5, 0.6) is 0 Å². The first kappa shape index (κ1) is 19.9. The smallest absolute Gasteiger partial charge is 0.419 e. The predicted octanol–water partition coefficient (Wildman–Crippen LogP) is 2.12. The number of carbonyl (C=O) groups excluding carboxylic acids is 1. The van der Waals surface area contributed by atoms with Crippen molar-refractivity contribution in [3.05, 3.63) is 51.3 Å². The molecule has 0 bridgehead atoms. The van der Waals surface area contributed by atoms with Crippen LogP contribution in [0.15, 0.2) is 53.5 Å². The first-order chi connectivity index (χ1) is 13.8. The lowest BCUT2D eigenvalue weighted by Crippen LogP contribution is -2.50. The summed E-state index contributed by atoms with van der Waals surface area (Å²) in [6, 6.07) is 7.62. The molecule has 2 aromatic heterocycles. The van der Waals surface area contributed by atoms with Gasteiger partial charge in [0.1, 0.15) is 0 Å². The largest absolute Gasteiger partial charge is 0.444 e. The van der Waals surface area contributed by atoms with Crippen molar-refractivity contribution in [3.8, 4) is 0 Å². The van der Waals surface area contributed by atoms with E-state index in [1.165, 1.54) is 21.0 Å². The molecule has 1 aliphatic rings. The van der Waals surface area contributed by atoms with E-state index in [2.05, 4.69) is 15.9 Å². The summed E-state index contributed by atoms with van der Waals surface area (Å²) in [6.45, 7) is 3.06. The highest BCUT2D eigenvalue weighted by molar-refractivity contribution is 9.10. The lowest BCUT2D eigenvalue weighted by atomic mass is 10.3. The molecule has 0 radical (unpaired) electrons. The number of aryl methyl sites for hydroxylation is 1. The predicted molar refractivity (Wildman–Crippen MR) is 107 cm³/mol. The van der Waals surface area contributed by atoms with Crippen molar-refractivity contribution < 1.29 is 22.0 Å². The number of aromatic nitrogens is 1. The van der Waals surface area contributed by atoms with E-state index in [1.54, 1.807) is 23.1 Å². The molecule has 154 valence electrons. The lowest BCUT2D eigenvalue weighted by Gasteiger charge is -2.33. The van der Waals surface area contributed by atoms with E-state index >= 15 is 0 Å². The molecule has 0 N–H and O–H groups in total. The molecule has 1 aromatic carbocycles. The molecule has 29 heavy (non-hydrogen) atoms. The molecule has 9 nitrogen and oxygen atoms in total. The second-order valence-electron chi connectivity index (χ2n) is 6.54. The average molecular weight is 484 g/mol. The normalized spacial score (nSPS) is 15.9. The van der Waals surface area contributed by atoms with Gasteiger partial charge in [0.15, 0.2) is 16.0 Å². The third kappa shape index (κ3) is 3.53. The monoisotopic (exact) mass is 483 g/mol. The van der Waals surface area contributed by atoms with E-state index in [4.69, 9.17) is 8.83 Å². The number of sulfonamides is 1. The molecular weight excluding hydrogens is 466 g/mol. The van der Waals surface area contributed by atoms with Crippen LogP contribution in [0.2, 0.25) is 0 Å². The fourth-order valence-corrected chi connectivity index (χ4v) is 5.12. The van der Waals surface area contributed by atoms with Crippen molar-refractivity contribution in [3.63, 3.8) is 0 Å². The van der Waals surface area contributed by atoms with E-state index in [9.17, 15) is 18.0 Å². The van der Waals surface area contributed by atoms with Crippen LogP contribution in [-0.4, -0.2) is 54.3 Å². The summed E-state index contributed by atoms with van der Waals surface area (Å²) >= 11 is 3.16. The van der Waals surface area contributed by atoms with Crippen LogP contribution in [0.1, 0.15) is 17.5 Å². The molecule has 1 aliphatic heterocycles. The van der Waals surface area contributed by atoms with Gasteiger partial charge in [0.05, 0.1) is 10.4 Å². The van der Waals surface area contributed by atoms with E-state index in [1.807, 2.05) is 6.92 Å². The number of amides is 1. The van der Waals surface area contributed by atoms with E-state index < -0.39 is 15.8 Å². The first-order valence-electron chi connectivity index (χ1n) is 8.99. The zero-order valence-electron chi connectivity index (χ0n) is 15.5. The van der Waals surface area contributed by atoms with Crippen LogP contribution < -0.4 is 5.76 Å². The number of nitrogens with zero attached hydrogens (tertiary/aromatic N) is 3. The average Bonchev–Trinajstić information content (AvgIpc) is 3.28. The minimum Gasteiger partial charge on any atom is -0.444 e. The van der Waals surface area contributed by atoms with Gasteiger partial charge in [-0.25, -0.2) is 13.2 Å². The van der Waals surface area contributed by atoms with Crippen molar-refractivity contribution in [2.75, 3.05) is 26.2 Å². The Balaban J connectivity index is 1.52. The fourth-order valence-electron chi connectivity index (χ4n) is 3.37. The van der Waals surface area contributed by atoms with Crippen LogP contribution in [0.3, 0.4) is 0 Å². The van der Waals surface area contributed by atoms with Gasteiger partial charge in [0.25, 0.3) is 5.91 Å². The zero-order chi connectivity index (χ0) is 20.8. The number of furan rings is 1. The summed E-state index contributed by atoms with van der Waals surface area (Å²) in [5.74, 6) is -0.598. The van der Waals surface area contributed by atoms with Crippen LogP contribution in [0.25, 0.3) is 11.1 Å². The third-order valence-corrected chi connectivity index (χ3v) is 7.22.